The van der Waals surface area contributed by atoms with Crippen LogP contribution in [0.15, 0.2) is 28.6 Å². The molecule has 140 valence electrons. The molecule has 0 amide bonds. The number of nitrogens with zero attached hydrogens (tertiary/aromatic N) is 2. The van der Waals surface area contributed by atoms with Crippen LogP contribution in [0.5, 0.6) is 11.5 Å². The number of oxime groups is 1. The van der Waals surface area contributed by atoms with Crippen LogP contribution in [0.4, 0.5) is 0 Å². The van der Waals surface area contributed by atoms with Gasteiger partial charge in [0.05, 0.1) is 31.5 Å². The zero-order valence-corrected chi connectivity index (χ0v) is 15.8. The smallest absolute Gasteiger partial charge is 0.166 e. The Bertz CT molecular complexity index is 803. The first kappa shape index (κ1) is 18.6. The molecule has 2 heterocycles. The highest BCUT2D eigenvalue weighted by Crippen LogP contribution is 2.46. The molecule has 26 heavy (non-hydrogen) atoms. The number of allylic oxidation sites excluding steroid dienone is 2. The fourth-order valence-corrected chi connectivity index (χ4v) is 4.39. The van der Waals surface area contributed by atoms with Crippen LogP contribution in [0.3, 0.4) is 0 Å². The predicted octanol–water partition coefficient (Wildman–Crippen LogP) is 3.27. The summed E-state index contributed by atoms with van der Waals surface area (Å²) >= 11 is 0. The molecule has 1 unspecified atom stereocenters. The molecule has 1 aromatic rings. The Morgan fingerprint density at radius 3 is 2.58 bits per heavy atom. The van der Waals surface area contributed by atoms with Crippen molar-refractivity contribution >= 4 is 23.9 Å². The maximum absolute atomic E-state index is 12.4. The molecule has 7 heteroatoms. The summed E-state index contributed by atoms with van der Waals surface area (Å²) in [4.78, 5) is 14.7. The summed E-state index contributed by atoms with van der Waals surface area (Å²) in [5.74, 6) is 1.53. The maximum Gasteiger partial charge on any atom is 0.166 e. The number of carbonyl (C=O) groups is 1. The lowest BCUT2D eigenvalue weighted by molar-refractivity contribution is -0.115. The van der Waals surface area contributed by atoms with E-state index in [-0.39, 0.29) is 24.2 Å². The van der Waals surface area contributed by atoms with Gasteiger partial charge in [0, 0.05) is 25.1 Å². The summed E-state index contributed by atoms with van der Waals surface area (Å²) in [6.07, 6.45) is 3.68. The van der Waals surface area contributed by atoms with Crippen LogP contribution >= 0.6 is 12.4 Å². The lowest BCUT2D eigenvalue weighted by Crippen LogP contribution is -2.43. The number of hydrogen-bond donors (Lipinski definition) is 1. The molecule has 0 spiro atoms. The van der Waals surface area contributed by atoms with Gasteiger partial charge in [0.2, 0.25) is 0 Å². The van der Waals surface area contributed by atoms with E-state index < -0.39 is 0 Å². The lowest BCUT2D eigenvalue weighted by atomic mass is 9.79. The van der Waals surface area contributed by atoms with E-state index in [0.29, 0.717) is 29.9 Å². The van der Waals surface area contributed by atoms with E-state index in [1.807, 2.05) is 12.1 Å². The molecule has 0 aromatic heterocycles. The SMILES string of the molecule is COc1cc2c(cc1OC)C1C/C(=N\O)C3=C(CCCC3=O)N1CC2.Cl. The Hall–Kier alpha value is -2.21. The first-order valence-electron chi connectivity index (χ1n) is 8.67. The second kappa shape index (κ2) is 7.19. The minimum atomic E-state index is 0. The molecule has 2 aliphatic heterocycles. The van der Waals surface area contributed by atoms with Crippen molar-refractivity contribution in [2.45, 2.75) is 38.1 Å². The molecule has 0 saturated carbocycles. The van der Waals surface area contributed by atoms with Gasteiger partial charge < -0.3 is 19.6 Å². The van der Waals surface area contributed by atoms with Gasteiger partial charge in [-0.1, -0.05) is 5.16 Å². The Morgan fingerprint density at radius 1 is 1.15 bits per heavy atom. The third kappa shape index (κ3) is 2.72. The van der Waals surface area contributed by atoms with Crippen molar-refractivity contribution < 1.29 is 19.5 Å². The normalized spacial score (nSPS) is 23.0. The van der Waals surface area contributed by atoms with Crippen molar-refractivity contribution in [1.82, 2.24) is 4.90 Å². The molecule has 1 N–H and O–H groups in total. The van der Waals surface area contributed by atoms with Crippen LogP contribution < -0.4 is 9.47 Å². The first-order chi connectivity index (χ1) is 12.2. The number of Topliss-reactive ketones (excluding diaryl/α,β-unsaturated/α-hetero) is 1. The van der Waals surface area contributed by atoms with Crippen LogP contribution in [0, 0.1) is 0 Å². The number of ether oxygens (including phenoxy) is 2. The third-order valence-electron chi connectivity index (χ3n) is 5.53. The molecule has 3 aliphatic rings. The van der Waals surface area contributed by atoms with E-state index in [1.54, 1.807) is 14.2 Å². The number of fused-ring (bicyclic) bond motifs is 4. The Balaban J connectivity index is 0.00000196. The standard InChI is InChI=1S/C19H22N2O4.ClH/c1-24-17-8-11-6-7-21-14-4-3-5-16(22)19(14)13(20-23)10-15(21)12(11)9-18(17)25-2;/h8-9,15,23H,3-7,10H2,1-2H3;1H/b20-13+;. The van der Waals surface area contributed by atoms with E-state index in [4.69, 9.17) is 9.47 Å². The number of hydrogen-bond acceptors (Lipinski definition) is 6. The van der Waals surface area contributed by atoms with Crippen LogP contribution in [-0.4, -0.2) is 42.4 Å². The van der Waals surface area contributed by atoms with Crippen LogP contribution in [0.2, 0.25) is 0 Å². The van der Waals surface area contributed by atoms with Crippen molar-refractivity contribution in [2.75, 3.05) is 20.8 Å². The Kier molecular flexibility index (Phi) is 5.14. The third-order valence-corrected chi connectivity index (χ3v) is 5.53. The summed E-state index contributed by atoms with van der Waals surface area (Å²) in [6, 6.07) is 4.13. The highest BCUT2D eigenvalue weighted by molar-refractivity contribution is 6.23. The average Bonchev–Trinajstić information content (AvgIpc) is 2.65. The maximum atomic E-state index is 12.4. The fourth-order valence-electron chi connectivity index (χ4n) is 4.39. The van der Waals surface area contributed by atoms with Crippen molar-refractivity contribution in [1.29, 1.82) is 0 Å². The lowest BCUT2D eigenvalue weighted by Gasteiger charge is -2.45. The van der Waals surface area contributed by atoms with Gasteiger partial charge in [-0.2, -0.15) is 0 Å². The summed E-state index contributed by atoms with van der Waals surface area (Å²) in [5, 5.41) is 13.0. The molecule has 1 aliphatic carbocycles. The van der Waals surface area contributed by atoms with Crippen LogP contribution in [-0.2, 0) is 11.2 Å². The predicted molar refractivity (Wildman–Crippen MR) is 99.7 cm³/mol. The summed E-state index contributed by atoms with van der Waals surface area (Å²) in [6.45, 7) is 0.859. The van der Waals surface area contributed by atoms with Gasteiger partial charge in [-0.3, -0.25) is 4.79 Å². The van der Waals surface area contributed by atoms with Gasteiger partial charge in [0.25, 0.3) is 0 Å². The van der Waals surface area contributed by atoms with Gasteiger partial charge in [0.15, 0.2) is 17.3 Å². The molecule has 0 saturated heterocycles. The molecule has 1 atom stereocenters. The molecule has 6 nitrogen and oxygen atoms in total. The van der Waals surface area contributed by atoms with E-state index in [1.165, 1.54) is 5.56 Å². The molecule has 1 aromatic carbocycles. The molecule has 0 bridgehead atoms. The second-order valence-corrected chi connectivity index (χ2v) is 6.71. The molecule has 4 rings (SSSR count). The zero-order valence-electron chi connectivity index (χ0n) is 14.9. The summed E-state index contributed by atoms with van der Waals surface area (Å²) in [5.41, 5.74) is 4.59. The van der Waals surface area contributed by atoms with E-state index >= 15 is 0 Å². The van der Waals surface area contributed by atoms with Crippen molar-refractivity contribution in [3.63, 3.8) is 0 Å². The monoisotopic (exact) mass is 378 g/mol. The number of halogens is 1. The van der Waals surface area contributed by atoms with Crippen molar-refractivity contribution in [3.8, 4) is 11.5 Å². The van der Waals surface area contributed by atoms with Gasteiger partial charge in [-0.05, 0) is 42.5 Å². The van der Waals surface area contributed by atoms with Gasteiger partial charge in [0.1, 0.15) is 0 Å². The minimum Gasteiger partial charge on any atom is -0.493 e. The number of methoxy groups -OCH3 is 2. The van der Waals surface area contributed by atoms with Crippen molar-refractivity contribution in [3.05, 3.63) is 34.5 Å². The second-order valence-electron chi connectivity index (χ2n) is 6.71. The van der Waals surface area contributed by atoms with Crippen molar-refractivity contribution in [2.24, 2.45) is 5.16 Å². The zero-order chi connectivity index (χ0) is 17.6. The Morgan fingerprint density at radius 2 is 1.88 bits per heavy atom. The highest BCUT2D eigenvalue weighted by Gasteiger charge is 2.40. The first-order valence-corrected chi connectivity index (χ1v) is 8.67. The number of ketones is 1. The van der Waals surface area contributed by atoms with E-state index in [9.17, 15) is 10.0 Å². The molecular weight excluding hydrogens is 356 g/mol. The quantitative estimate of drug-likeness (QED) is 0.631. The number of benzene rings is 1. The molecule has 0 radical (unpaired) electrons. The van der Waals surface area contributed by atoms with E-state index in [2.05, 4.69) is 10.1 Å². The van der Waals surface area contributed by atoms with Gasteiger partial charge in [-0.15, -0.1) is 12.4 Å². The molecular formula is C19H23ClN2O4. The molecule has 0 fully saturated rings. The van der Waals surface area contributed by atoms with E-state index in [0.717, 1.165) is 42.8 Å². The van der Waals surface area contributed by atoms with Gasteiger partial charge >= 0.3 is 0 Å². The highest BCUT2D eigenvalue weighted by atomic mass is 35.5. The topological polar surface area (TPSA) is 71.4 Å². The largest absolute Gasteiger partial charge is 0.493 e. The minimum absolute atomic E-state index is 0. The average molecular weight is 379 g/mol. The summed E-state index contributed by atoms with van der Waals surface area (Å²) in [7, 11) is 3.27. The number of carbonyl (C=O) groups excluding carboxylic acids is 1. The Labute approximate surface area is 158 Å². The van der Waals surface area contributed by atoms with Gasteiger partial charge in [-0.25, -0.2) is 0 Å². The summed E-state index contributed by atoms with van der Waals surface area (Å²) < 4.78 is 10.9. The fraction of sp³-hybridized carbons (Fsp3) is 0.474. The van der Waals surface area contributed by atoms with Crippen LogP contribution in [0.1, 0.15) is 42.9 Å². The van der Waals surface area contributed by atoms with Crippen LogP contribution in [0.25, 0.3) is 0 Å². The number of rotatable bonds is 2.